The van der Waals surface area contributed by atoms with E-state index in [1.165, 1.54) is 0 Å². The van der Waals surface area contributed by atoms with Gasteiger partial charge in [-0.2, -0.15) is 0 Å². The summed E-state index contributed by atoms with van der Waals surface area (Å²) >= 11 is 0. The molecule has 5 heteroatoms. The van der Waals surface area contributed by atoms with E-state index in [0.717, 1.165) is 17.0 Å². The van der Waals surface area contributed by atoms with Crippen LogP contribution in [-0.4, -0.2) is 24.6 Å². The molecule has 0 saturated carbocycles. The van der Waals surface area contributed by atoms with Gasteiger partial charge in [-0.15, -0.1) is 0 Å². The summed E-state index contributed by atoms with van der Waals surface area (Å²) in [7, 11) is 1.59. The Morgan fingerprint density at radius 3 is 2.58 bits per heavy atom. The molecule has 3 aromatic rings. The lowest BCUT2D eigenvalue weighted by Gasteiger charge is -2.08. The van der Waals surface area contributed by atoms with Crippen molar-refractivity contribution < 1.29 is 14.3 Å². The quantitative estimate of drug-likeness (QED) is 0.717. The Morgan fingerprint density at radius 1 is 1.04 bits per heavy atom. The van der Waals surface area contributed by atoms with Crippen molar-refractivity contribution in [2.75, 3.05) is 19.0 Å². The number of hydrogen-bond acceptors (Lipinski definition) is 4. The number of carbonyl (C=O) groups is 1. The van der Waals surface area contributed by atoms with Crippen molar-refractivity contribution in [3.8, 4) is 22.8 Å². The van der Waals surface area contributed by atoms with Crippen LogP contribution >= 0.6 is 0 Å². The molecule has 132 valence electrons. The van der Waals surface area contributed by atoms with Crippen molar-refractivity contribution in [2.45, 2.75) is 6.92 Å². The zero-order chi connectivity index (χ0) is 18.4. The molecule has 0 aliphatic rings. The zero-order valence-electron chi connectivity index (χ0n) is 14.7. The fourth-order valence-electron chi connectivity index (χ4n) is 2.51. The molecule has 1 amide bonds. The van der Waals surface area contributed by atoms with Crippen LogP contribution in [0.4, 0.5) is 5.69 Å². The van der Waals surface area contributed by atoms with Crippen LogP contribution < -0.4 is 14.8 Å². The average molecular weight is 348 g/mol. The summed E-state index contributed by atoms with van der Waals surface area (Å²) in [6.07, 6.45) is 1.57. The van der Waals surface area contributed by atoms with Crippen LogP contribution in [-0.2, 0) is 0 Å². The van der Waals surface area contributed by atoms with Crippen LogP contribution in [0.3, 0.4) is 0 Å². The van der Waals surface area contributed by atoms with Crippen molar-refractivity contribution in [1.82, 2.24) is 4.98 Å². The Labute approximate surface area is 152 Å². The highest BCUT2D eigenvalue weighted by Gasteiger charge is 2.08. The molecule has 5 nitrogen and oxygen atoms in total. The maximum Gasteiger partial charge on any atom is 0.257 e. The maximum atomic E-state index is 12.4. The predicted molar refractivity (Wildman–Crippen MR) is 102 cm³/mol. The van der Waals surface area contributed by atoms with Gasteiger partial charge in [0.2, 0.25) is 0 Å². The van der Waals surface area contributed by atoms with Gasteiger partial charge in [0.05, 0.1) is 25.0 Å². The Hall–Kier alpha value is -3.34. The van der Waals surface area contributed by atoms with E-state index < -0.39 is 0 Å². The van der Waals surface area contributed by atoms with Gasteiger partial charge >= 0.3 is 0 Å². The number of hydrogen-bond donors (Lipinski definition) is 1. The molecular weight excluding hydrogens is 328 g/mol. The van der Waals surface area contributed by atoms with Crippen LogP contribution in [0.5, 0.6) is 11.5 Å². The largest absolute Gasteiger partial charge is 0.497 e. The number of nitrogens with one attached hydrogen (secondary N) is 1. The van der Waals surface area contributed by atoms with E-state index in [9.17, 15) is 4.79 Å². The molecule has 3 rings (SSSR count). The van der Waals surface area contributed by atoms with E-state index >= 15 is 0 Å². The van der Waals surface area contributed by atoms with Gasteiger partial charge in [0.25, 0.3) is 5.91 Å². The third kappa shape index (κ3) is 4.19. The van der Waals surface area contributed by atoms with Crippen molar-refractivity contribution in [1.29, 1.82) is 0 Å². The van der Waals surface area contributed by atoms with Crippen LogP contribution in [0.1, 0.15) is 17.3 Å². The highest BCUT2D eigenvalue weighted by Crippen LogP contribution is 2.23. The number of benzene rings is 2. The third-order valence-electron chi connectivity index (χ3n) is 3.79. The number of anilines is 1. The number of rotatable bonds is 6. The minimum Gasteiger partial charge on any atom is -0.497 e. The molecule has 0 aliphatic carbocycles. The summed E-state index contributed by atoms with van der Waals surface area (Å²) < 4.78 is 10.7. The van der Waals surface area contributed by atoms with Crippen LogP contribution in [0.15, 0.2) is 66.9 Å². The second kappa shape index (κ2) is 8.16. The van der Waals surface area contributed by atoms with Crippen LogP contribution in [0.25, 0.3) is 11.3 Å². The minimum atomic E-state index is -0.222. The molecule has 0 saturated heterocycles. The van der Waals surface area contributed by atoms with Crippen LogP contribution in [0.2, 0.25) is 0 Å². The van der Waals surface area contributed by atoms with Crippen molar-refractivity contribution >= 4 is 11.6 Å². The van der Waals surface area contributed by atoms with Gasteiger partial charge in [-0.25, -0.2) is 0 Å². The van der Waals surface area contributed by atoms with Crippen LogP contribution in [0, 0.1) is 0 Å². The SMILES string of the molecule is CCOc1cccc(-c2ccc(C(=O)Nc3cccc(OC)c3)cn2)c1. The summed E-state index contributed by atoms with van der Waals surface area (Å²) in [5.41, 5.74) is 2.88. The molecule has 0 spiro atoms. The highest BCUT2D eigenvalue weighted by atomic mass is 16.5. The summed E-state index contributed by atoms with van der Waals surface area (Å²) in [5, 5.41) is 2.84. The standard InChI is InChI=1S/C21H20N2O3/c1-3-26-19-9-4-6-15(12-19)20-11-10-16(14-22-20)21(24)23-17-7-5-8-18(13-17)25-2/h4-14H,3H2,1-2H3,(H,23,24). The van der Waals surface area contributed by atoms with Gasteiger partial charge in [-0.05, 0) is 43.3 Å². The van der Waals surface area contributed by atoms with Gasteiger partial charge in [0.1, 0.15) is 11.5 Å². The van der Waals surface area contributed by atoms with Crippen molar-refractivity contribution in [3.63, 3.8) is 0 Å². The van der Waals surface area contributed by atoms with Gasteiger partial charge in [0, 0.05) is 23.5 Å². The van der Waals surface area contributed by atoms with E-state index in [2.05, 4.69) is 10.3 Å². The maximum absolute atomic E-state index is 12.4. The predicted octanol–water partition coefficient (Wildman–Crippen LogP) is 4.41. The molecule has 0 radical (unpaired) electrons. The normalized spacial score (nSPS) is 10.2. The van der Waals surface area contributed by atoms with Gasteiger partial charge in [0.15, 0.2) is 0 Å². The molecule has 0 aliphatic heterocycles. The summed E-state index contributed by atoms with van der Waals surface area (Å²) in [6.45, 7) is 2.56. The Kier molecular flexibility index (Phi) is 5.49. The first-order valence-electron chi connectivity index (χ1n) is 8.34. The molecule has 26 heavy (non-hydrogen) atoms. The number of methoxy groups -OCH3 is 1. The summed E-state index contributed by atoms with van der Waals surface area (Å²) in [6, 6.07) is 18.5. The lowest BCUT2D eigenvalue weighted by molar-refractivity contribution is 0.102. The lowest BCUT2D eigenvalue weighted by Crippen LogP contribution is -2.12. The molecule has 0 fully saturated rings. The first-order chi connectivity index (χ1) is 12.7. The second-order valence-electron chi connectivity index (χ2n) is 5.58. The highest BCUT2D eigenvalue weighted by molar-refractivity contribution is 6.04. The second-order valence-corrected chi connectivity index (χ2v) is 5.58. The molecule has 0 unspecified atom stereocenters. The van der Waals surface area contributed by atoms with E-state index in [1.54, 1.807) is 31.5 Å². The van der Waals surface area contributed by atoms with Crippen molar-refractivity contribution in [2.24, 2.45) is 0 Å². The average Bonchev–Trinajstić information content (AvgIpc) is 2.69. The molecule has 1 aromatic heterocycles. The molecule has 2 aromatic carbocycles. The molecule has 0 bridgehead atoms. The van der Waals surface area contributed by atoms with Gasteiger partial charge < -0.3 is 14.8 Å². The summed E-state index contributed by atoms with van der Waals surface area (Å²) in [4.78, 5) is 16.8. The minimum absolute atomic E-state index is 0.222. The fraction of sp³-hybridized carbons (Fsp3) is 0.143. The van der Waals surface area contributed by atoms with E-state index in [0.29, 0.717) is 23.6 Å². The number of ether oxygens (including phenoxy) is 2. The zero-order valence-corrected chi connectivity index (χ0v) is 14.7. The molecular formula is C21H20N2O3. The first-order valence-corrected chi connectivity index (χ1v) is 8.34. The van der Waals surface area contributed by atoms with Crippen molar-refractivity contribution in [3.05, 3.63) is 72.4 Å². The Balaban J connectivity index is 1.74. The number of aromatic nitrogens is 1. The number of pyridine rings is 1. The number of amides is 1. The Bertz CT molecular complexity index is 892. The topological polar surface area (TPSA) is 60.5 Å². The lowest BCUT2D eigenvalue weighted by atomic mass is 10.1. The molecule has 1 heterocycles. The third-order valence-corrected chi connectivity index (χ3v) is 3.79. The molecule has 0 atom stereocenters. The Morgan fingerprint density at radius 2 is 1.85 bits per heavy atom. The first kappa shape index (κ1) is 17.5. The molecule has 1 N–H and O–H groups in total. The number of carbonyl (C=O) groups excluding carboxylic acids is 1. The fourth-order valence-corrected chi connectivity index (χ4v) is 2.51. The smallest absolute Gasteiger partial charge is 0.257 e. The van der Waals surface area contributed by atoms with Gasteiger partial charge in [-0.3, -0.25) is 9.78 Å². The van der Waals surface area contributed by atoms with E-state index in [4.69, 9.17) is 9.47 Å². The number of nitrogens with zero attached hydrogens (tertiary/aromatic N) is 1. The summed E-state index contributed by atoms with van der Waals surface area (Å²) in [5.74, 6) is 1.26. The van der Waals surface area contributed by atoms with E-state index in [-0.39, 0.29) is 5.91 Å². The van der Waals surface area contributed by atoms with Gasteiger partial charge in [-0.1, -0.05) is 18.2 Å². The monoisotopic (exact) mass is 348 g/mol. The van der Waals surface area contributed by atoms with E-state index in [1.807, 2.05) is 49.4 Å².